The van der Waals surface area contributed by atoms with Crippen LogP contribution in [-0.2, 0) is 20.1 Å². The molecule has 0 aliphatic carbocycles. The molecule has 0 atom stereocenters. The number of carbonyl (C=O) groups excluding carboxylic acids is 1. The molecule has 6 nitrogen and oxygen atoms in total. The van der Waals surface area contributed by atoms with E-state index in [-0.39, 0.29) is 30.4 Å². The summed E-state index contributed by atoms with van der Waals surface area (Å²) in [5.74, 6) is 0.0883. The summed E-state index contributed by atoms with van der Waals surface area (Å²) in [4.78, 5) is 14.9. The van der Waals surface area contributed by atoms with Gasteiger partial charge in [-0.3, -0.25) is 9.48 Å². The lowest BCUT2D eigenvalue weighted by Gasteiger charge is -2.23. The summed E-state index contributed by atoms with van der Waals surface area (Å²) in [6.07, 6.45) is 1.74. The van der Waals surface area contributed by atoms with E-state index in [0.29, 0.717) is 12.1 Å². The van der Waals surface area contributed by atoms with Gasteiger partial charge in [0, 0.05) is 30.3 Å². The van der Waals surface area contributed by atoms with Gasteiger partial charge in [0.15, 0.2) is 0 Å². The van der Waals surface area contributed by atoms with E-state index >= 15 is 0 Å². The summed E-state index contributed by atoms with van der Waals surface area (Å²) in [6.45, 7) is 2.42. The van der Waals surface area contributed by atoms with Gasteiger partial charge in [-0.25, -0.2) is 4.39 Å². The molecular formula is C20H21ClFN5O. The van der Waals surface area contributed by atoms with Crippen LogP contribution in [0, 0.1) is 12.7 Å². The molecule has 2 aromatic carbocycles. The average molecular weight is 402 g/mol. The van der Waals surface area contributed by atoms with E-state index in [1.165, 1.54) is 6.07 Å². The predicted octanol–water partition coefficient (Wildman–Crippen LogP) is 3.65. The molecule has 0 radical (unpaired) electrons. The molecule has 3 aromatic rings. The number of hydrogen-bond donors (Lipinski definition) is 2. The Hall–Kier alpha value is -2.90. The SMILES string of the molecule is Cc1ccc2c(c1)Nc1c(cnn1C)CN2C(=O)c1ccc(CN)c(F)c1.Cl. The number of hydrogen-bond acceptors (Lipinski definition) is 4. The standard InChI is InChI=1S/C20H20FN5O.ClH/c1-12-3-6-18-17(7-12)24-19-15(10-23-25(19)2)11-26(18)20(27)13-4-5-14(9-22)16(21)8-13;/h3-8,10,24H,9,11,22H2,1-2H3;1H. The van der Waals surface area contributed by atoms with Crippen LogP contribution in [0.3, 0.4) is 0 Å². The molecular weight excluding hydrogens is 381 g/mol. The molecule has 1 aliphatic heterocycles. The first kappa shape index (κ1) is 19.9. The first-order chi connectivity index (χ1) is 13.0. The van der Waals surface area contributed by atoms with E-state index in [1.807, 2.05) is 32.2 Å². The minimum absolute atomic E-state index is 0. The van der Waals surface area contributed by atoms with Gasteiger partial charge in [-0.05, 0) is 36.8 Å². The normalized spacial score (nSPS) is 12.4. The molecule has 146 valence electrons. The molecule has 3 N–H and O–H groups in total. The molecule has 28 heavy (non-hydrogen) atoms. The van der Waals surface area contributed by atoms with Gasteiger partial charge in [0.25, 0.3) is 5.91 Å². The highest BCUT2D eigenvalue weighted by Crippen LogP contribution is 2.37. The van der Waals surface area contributed by atoms with Gasteiger partial charge in [-0.1, -0.05) is 12.1 Å². The highest BCUT2D eigenvalue weighted by Gasteiger charge is 2.27. The Kier molecular flexibility index (Phi) is 5.40. The van der Waals surface area contributed by atoms with Crippen molar-refractivity contribution >= 4 is 35.5 Å². The second kappa shape index (κ2) is 7.61. The average Bonchev–Trinajstić information content (AvgIpc) is 2.90. The summed E-state index contributed by atoms with van der Waals surface area (Å²) in [6, 6.07) is 10.3. The molecule has 0 spiro atoms. The van der Waals surface area contributed by atoms with Gasteiger partial charge in [0.05, 0.1) is 24.1 Å². The minimum atomic E-state index is -0.470. The van der Waals surface area contributed by atoms with E-state index in [2.05, 4.69) is 10.4 Å². The van der Waals surface area contributed by atoms with Crippen molar-refractivity contribution < 1.29 is 9.18 Å². The second-order valence-corrected chi connectivity index (χ2v) is 6.69. The van der Waals surface area contributed by atoms with Gasteiger partial charge in [-0.15, -0.1) is 12.4 Å². The third kappa shape index (κ3) is 3.34. The van der Waals surface area contributed by atoms with Crippen molar-refractivity contribution in [3.63, 3.8) is 0 Å². The summed E-state index contributed by atoms with van der Waals surface area (Å²) in [5.41, 5.74) is 9.69. The van der Waals surface area contributed by atoms with E-state index in [1.54, 1.807) is 27.9 Å². The van der Waals surface area contributed by atoms with Crippen molar-refractivity contribution in [3.8, 4) is 0 Å². The fourth-order valence-corrected chi connectivity index (χ4v) is 3.31. The highest BCUT2D eigenvalue weighted by atomic mass is 35.5. The topological polar surface area (TPSA) is 76.2 Å². The van der Waals surface area contributed by atoms with Gasteiger partial charge in [0.2, 0.25) is 0 Å². The van der Waals surface area contributed by atoms with Gasteiger partial charge < -0.3 is 16.0 Å². The number of anilines is 3. The van der Waals surface area contributed by atoms with Crippen molar-refractivity contribution in [2.45, 2.75) is 20.0 Å². The lowest BCUT2D eigenvalue weighted by Crippen LogP contribution is -2.30. The molecule has 0 saturated carbocycles. The summed E-state index contributed by atoms with van der Waals surface area (Å²) in [5, 5.41) is 7.65. The van der Waals surface area contributed by atoms with Crippen LogP contribution in [0.1, 0.15) is 27.0 Å². The zero-order valence-electron chi connectivity index (χ0n) is 15.6. The van der Waals surface area contributed by atoms with Crippen LogP contribution in [0.2, 0.25) is 0 Å². The number of nitrogens with zero attached hydrogens (tertiary/aromatic N) is 3. The van der Waals surface area contributed by atoms with Crippen LogP contribution in [0.4, 0.5) is 21.6 Å². The summed E-state index contributed by atoms with van der Waals surface area (Å²) in [7, 11) is 1.85. The van der Waals surface area contributed by atoms with Crippen LogP contribution in [0.5, 0.6) is 0 Å². The number of halogens is 2. The van der Waals surface area contributed by atoms with Crippen LogP contribution >= 0.6 is 12.4 Å². The Morgan fingerprint density at radius 2 is 2.07 bits per heavy atom. The summed E-state index contributed by atoms with van der Waals surface area (Å²) >= 11 is 0. The number of aromatic nitrogens is 2. The van der Waals surface area contributed by atoms with E-state index in [4.69, 9.17) is 5.73 Å². The Morgan fingerprint density at radius 3 is 2.79 bits per heavy atom. The summed E-state index contributed by atoms with van der Waals surface area (Å²) < 4.78 is 15.9. The number of carbonyl (C=O) groups is 1. The van der Waals surface area contributed by atoms with Crippen molar-refractivity contribution in [1.29, 1.82) is 0 Å². The van der Waals surface area contributed by atoms with E-state index in [0.717, 1.165) is 28.3 Å². The van der Waals surface area contributed by atoms with Gasteiger partial charge >= 0.3 is 0 Å². The first-order valence-electron chi connectivity index (χ1n) is 8.67. The second-order valence-electron chi connectivity index (χ2n) is 6.69. The highest BCUT2D eigenvalue weighted by molar-refractivity contribution is 6.08. The fourth-order valence-electron chi connectivity index (χ4n) is 3.31. The molecule has 0 bridgehead atoms. The van der Waals surface area contributed by atoms with Crippen molar-refractivity contribution in [2.75, 3.05) is 10.2 Å². The Morgan fingerprint density at radius 1 is 1.29 bits per heavy atom. The number of rotatable bonds is 2. The third-order valence-electron chi connectivity index (χ3n) is 4.80. The Labute approximate surface area is 168 Å². The molecule has 1 aromatic heterocycles. The number of nitrogens with two attached hydrogens (primary N) is 1. The molecule has 0 saturated heterocycles. The van der Waals surface area contributed by atoms with Crippen molar-refractivity contribution in [1.82, 2.24) is 9.78 Å². The van der Waals surface area contributed by atoms with Crippen LogP contribution in [0.15, 0.2) is 42.6 Å². The lowest BCUT2D eigenvalue weighted by atomic mass is 10.1. The molecule has 0 unspecified atom stereocenters. The maximum Gasteiger partial charge on any atom is 0.258 e. The Balaban J connectivity index is 0.00000225. The van der Waals surface area contributed by atoms with Gasteiger partial charge in [0.1, 0.15) is 11.6 Å². The quantitative estimate of drug-likeness (QED) is 0.687. The minimum Gasteiger partial charge on any atom is -0.338 e. The molecule has 1 aliphatic rings. The predicted molar refractivity (Wildman–Crippen MR) is 110 cm³/mol. The maximum absolute atomic E-state index is 14.2. The molecule has 0 fully saturated rings. The first-order valence-corrected chi connectivity index (χ1v) is 8.67. The Bertz CT molecular complexity index is 1050. The number of amides is 1. The monoisotopic (exact) mass is 401 g/mol. The van der Waals surface area contributed by atoms with Gasteiger partial charge in [-0.2, -0.15) is 5.10 Å². The van der Waals surface area contributed by atoms with Crippen LogP contribution < -0.4 is 16.0 Å². The van der Waals surface area contributed by atoms with Crippen molar-refractivity contribution in [3.05, 3.63) is 70.7 Å². The fraction of sp³-hybridized carbons (Fsp3) is 0.200. The number of fused-ring (bicyclic) bond motifs is 2. The number of benzene rings is 2. The van der Waals surface area contributed by atoms with Crippen molar-refractivity contribution in [2.24, 2.45) is 12.8 Å². The van der Waals surface area contributed by atoms with E-state index < -0.39 is 5.82 Å². The molecule has 8 heteroatoms. The van der Waals surface area contributed by atoms with E-state index in [9.17, 15) is 9.18 Å². The number of nitrogens with one attached hydrogen (secondary N) is 1. The zero-order valence-corrected chi connectivity index (χ0v) is 16.4. The molecule has 4 rings (SSSR count). The largest absolute Gasteiger partial charge is 0.338 e. The third-order valence-corrected chi connectivity index (χ3v) is 4.80. The lowest BCUT2D eigenvalue weighted by molar-refractivity contribution is 0.0985. The smallest absolute Gasteiger partial charge is 0.258 e. The number of aryl methyl sites for hydroxylation is 2. The van der Waals surface area contributed by atoms with Crippen LogP contribution in [-0.4, -0.2) is 15.7 Å². The van der Waals surface area contributed by atoms with Crippen LogP contribution in [0.25, 0.3) is 0 Å². The molecule has 2 heterocycles. The maximum atomic E-state index is 14.2. The molecule has 1 amide bonds. The zero-order chi connectivity index (χ0) is 19.1.